The van der Waals surface area contributed by atoms with Crippen LogP contribution in [-0.2, 0) is 14.8 Å². The lowest BCUT2D eigenvalue weighted by molar-refractivity contribution is -0.175. The Kier molecular flexibility index (Phi) is 7.28. The number of amides is 1. The zero-order valence-corrected chi connectivity index (χ0v) is 26.5. The number of aryl methyl sites for hydroxylation is 2. The molecule has 10 nitrogen and oxygen atoms in total. The number of nitrogens with zero attached hydrogens (tertiary/aromatic N) is 2. The Balaban J connectivity index is 1.47. The van der Waals surface area contributed by atoms with Crippen molar-refractivity contribution in [3.63, 3.8) is 0 Å². The van der Waals surface area contributed by atoms with Crippen molar-refractivity contribution in [2.24, 2.45) is 5.92 Å². The molecule has 0 spiro atoms. The predicted molar refractivity (Wildman–Crippen MR) is 167 cm³/mol. The molecule has 0 bridgehead atoms. The zero-order valence-electron chi connectivity index (χ0n) is 25.6. The van der Waals surface area contributed by atoms with Gasteiger partial charge in [-0.2, -0.15) is 13.5 Å². The van der Waals surface area contributed by atoms with Crippen molar-refractivity contribution in [2.75, 3.05) is 6.61 Å². The summed E-state index contributed by atoms with van der Waals surface area (Å²) in [5.41, 5.74) is 2.74. The first-order chi connectivity index (χ1) is 20.7. The number of pyridine rings is 1. The molecule has 1 aliphatic rings. The summed E-state index contributed by atoms with van der Waals surface area (Å²) in [5.74, 6) is 0.312. The Bertz CT molecular complexity index is 1980. The standard InChI is InChI=1S/C33H36N4O6S/c1-19-11-12-26(41-18-21-16-32(3,4)43-33(5,6)17-21)28-23(31(38)37-44(39,40)27-13-14-34-36-27)15-24(35-29(19)28)30-20(2)22-9-7-8-10-25(22)42-30/h7-15,21H,16-18H2,1-6H3,(H,34,36)(H,37,38). The van der Waals surface area contributed by atoms with Crippen molar-refractivity contribution < 1.29 is 27.1 Å². The van der Waals surface area contributed by atoms with Crippen LogP contribution < -0.4 is 9.46 Å². The van der Waals surface area contributed by atoms with Gasteiger partial charge in [-0.3, -0.25) is 9.89 Å². The lowest BCUT2D eigenvalue weighted by Gasteiger charge is -2.45. The number of carbonyl (C=O) groups is 1. The zero-order chi connectivity index (χ0) is 31.4. The average molecular weight is 617 g/mol. The summed E-state index contributed by atoms with van der Waals surface area (Å²) in [4.78, 5) is 18.8. The fraction of sp³-hybridized carbons (Fsp3) is 0.364. The van der Waals surface area contributed by atoms with Crippen molar-refractivity contribution in [1.29, 1.82) is 0 Å². The van der Waals surface area contributed by atoms with E-state index in [1.807, 2.05) is 44.2 Å². The first-order valence-corrected chi connectivity index (χ1v) is 16.0. The van der Waals surface area contributed by atoms with Crippen molar-refractivity contribution in [3.05, 3.63) is 71.4 Å². The summed E-state index contributed by atoms with van der Waals surface area (Å²) in [6, 6.07) is 14.2. The minimum Gasteiger partial charge on any atom is -0.493 e. The molecule has 4 heterocycles. The Morgan fingerprint density at radius 3 is 2.48 bits per heavy atom. The predicted octanol–water partition coefficient (Wildman–Crippen LogP) is 6.47. The largest absolute Gasteiger partial charge is 0.493 e. The summed E-state index contributed by atoms with van der Waals surface area (Å²) in [5, 5.41) is 7.24. The maximum atomic E-state index is 13.9. The number of nitrogens with one attached hydrogen (secondary N) is 2. The quantitative estimate of drug-likeness (QED) is 0.212. The van der Waals surface area contributed by atoms with Gasteiger partial charge in [0.25, 0.3) is 15.9 Å². The van der Waals surface area contributed by atoms with E-state index in [2.05, 4.69) is 42.6 Å². The second-order valence-electron chi connectivity index (χ2n) is 12.8. The van der Waals surface area contributed by atoms with Gasteiger partial charge in [-0.05, 0) is 90.1 Å². The maximum Gasteiger partial charge on any atom is 0.281 e. The Morgan fingerprint density at radius 2 is 1.80 bits per heavy atom. The molecular formula is C33H36N4O6S. The molecule has 2 N–H and O–H groups in total. The fourth-order valence-corrected chi connectivity index (χ4v) is 7.40. The summed E-state index contributed by atoms with van der Waals surface area (Å²) in [6.07, 6.45) is 2.92. The van der Waals surface area contributed by atoms with E-state index in [9.17, 15) is 13.2 Å². The van der Waals surface area contributed by atoms with Crippen LogP contribution in [-0.4, -0.2) is 47.3 Å². The minimum atomic E-state index is -4.23. The molecule has 1 saturated heterocycles. The molecule has 6 rings (SSSR count). The molecule has 1 amide bonds. The third-order valence-corrected chi connectivity index (χ3v) is 9.28. The number of para-hydroxylation sites is 1. The normalized spacial score (nSPS) is 16.8. The fourth-order valence-electron chi connectivity index (χ4n) is 6.52. The SMILES string of the molecule is Cc1c(-c2cc(C(=O)NS(=O)(=O)c3ccn[nH]3)c3c(OCC4CC(C)(C)OC(C)(C)C4)ccc(C)c3n2)oc2ccccc12. The molecule has 5 aromatic rings. The van der Waals surface area contributed by atoms with Gasteiger partial charge in [0, 0.05) is 10.9 Å². The Labute approximate surface area is 256 Å². The van der Waals surface area contributed by atoms with Crippen molar-refractivity contribution >= 4 is 37.8 Å². The first-order valence-electron chi connectivity index (χ1n) is 14.6. The molecule has 11 heteroatoms. The van der Waals surface area contributed by atoms with Gasteiger partial charge >= 0.3 is 0 Å². The topological polar surface area (TPSA) is 136 Å². The van der Waals surface area contributed by atoms with Gasteiger partial charge in [-0.15, -0.1) is 0 Å². The molecule has 1 fully saturated rings. The highest BCUT2D eigenvalue weighted by molar-refractivity contribution is 7.90. The highest BCUT2D eigenvalue weighted by Gasteiger charge is 2.39. The molecule has 0 radical (unpaired) electrons. The maximum absolute atomic E-state index is 13.9. The lowest BCUT2D eigenvalue weighted by atomic mass is 9.81. The van der Waals surface area contributed by atoms with Crippen LogP contribution in [0.3, 0.4) is 0 Å². The molecule has 0 unspecified atom stereocenters. The second-order valence-corrected chi connectivity index (χ2v) is 14.4. The summed E-state index contributed by atoms with van der Waals surface area (Å²) in [7, 11) is -4.23. The summed E-state index contributed by atoms with van der Waals surface area (Å²) in [6.45, 7) is 12.5. The minimum absolute atomic E-state index is 0.0966. The van der Waals surface area contributed by atoms with E-state index in [1.165, 1.54) is 12.3 Å². The number of benzene rings is 2. The number of sulfonamides is 1. The van der Waals surface area contributed by atoms with Crippen molar-refractivity contribution in [2.45, 2.75) is 70.6 Å². The van der Waals surface area contributed by atoms with Gasteiger partial charge in [-0.25, -0.2) is 9.71 Å². The monoisotopic (exact) mass is 616 g/mol. The molecule has 0 saturated carbocycles. The van der Waals surface area contributed by atoms with Crippen LogP contribution >= 0.6 is 0 Å². The van der Waals surface area contributed by atoms with Gasteiger partial charge in [0.2, 0.25) is 0 Å². The number of H-pyrrole nitrogens is 1. The van der Waals surface area contributed by atoms with Crippen molar-refractivity contribution in [1.82, 2.24) is 19.9 Å². The first kappa shape index (κ1) is 29.8. The van der Waals surface area contributed by atoms with Crippen LogP contribution in [0.25, 0.3) is 33.3 Å². The molecule has 0 aliphatic carbocycles. The van der Waals surface area contributed by atoms with Crippen LogP contribution in [0.15, 0.2) is 64.2 Å². The molecule has 3 aromatic heterocycles. The number of aromatic nitrogens is 3. The molecule has 44 heavy (non-hydrogen) atoms. The van der Waals surface area contributed by atoms with Gasteiger partial charge in [0.1, 0.15) is 17.0 Å². The van der Waals surface area contributed by atoms with E-state index >= 15 is 0 Å². The van der Waals surface area contributed by atoms with E-state index in [4.69, 9.17) is 18.9 Å². The van der Waals surface area contributed by atoms with Gasteiger partial charge < -0.3 is 13.9 Å². The number of furan rings is 1. The molecule has 1 aliphatic heterocycles. The molecule has 2 aromatic carbocycles. The average Bonchev–Trinajstić information content (AvgIpc) is 3.60. The van der Waals surface area contributed by atoms with E-state index in [0.29, 0.717) is 40.3 Å². The molecule has 0 atom stereocenters. The second kappa shape index (κ2) is 10.7. The van der Waals surface area contributed by atoms with E-state index in [0.717, 1.165) is 29.4 Å². The third-order valence-electron chi connectivity index (χ3n) is 8.02. The molecular weight excluding hydrogens is 580 g/mol. The highest BCUT2D eigenvalue weighted by atomic mass is 32.2. The summed E-state index contributed by atoms with van der Waals surface area (Å²) < 4.78 is 47.2. The van der Waals surface area contributed by atoms with Gasteiger partial charge in [0.05, 0.1) is 40.5 Å². The number of fused-ring (bicyclic) bond motifs is 2. The molecule has 230 valence electrons. The van der Waals surface area contributed by atoms with Crippen LogP contribution in [0, 0.1) is 19.8 Å². The highest BCUT2D eigenvalue weighted by Crippen LogP contribution is 2.40. The number of hydrogen-bond donors (Lipinski definition) is 2. The van der Waals surface area contributed by atoms with Crippen molar-refractivity contribution in [3.8, 4) is 17.2 Å². The smallest absolute Gasteiger partial charge is 0.281 e. The lowest BCUT2D eigenvalue weighted by Crippen LogP contribution is -2.46. The van der Waals surface area contributed by atoms with Crippen LogP contribution in [0.2, 0.25) is 0 Å². The van der Waals surface area contributed by atoms with Gasteiger partial charge in [0.15, 0.2) is 10.8 Å². The number of carbonyl (C=O) groups excluding carboxylic acids is 1. The summed E-state index contributed by atoms with van der Waals surface area (Å²) >= 11 is 0. The number of aromatic amines is 1. The number of rotatable bonds is 7. The third kappa shape index (κ3) is 5.69. The van der Waals surface area contributed by atoms with Crippen LogP contribution in [0.4, 0.5) is 0 Å². The van der Waals surface area contributed by atoms with Crippen LogP contribution in [0.5, 0.6) is 5.75 Å². The van der Waals surface area contributed by atoms with E-state index in [1.54, 1.807) is 12.1 Å². The van der Waals surface area contributed by atoms with E-state index < -0.39 is 15.9 Å². The number of ether oxygens (including phenoxy) is 2. The van der Waals surface area contributed by atoms with Gasteiger partial charge in [-0.1, -0.05) is 24.3 Å². The Morgan fingerprint density at radius 1 is 1.07 bits per heavy atom. The van der Waals surface area contributed by atoms with Crippen LogP contribution in [0.1, 0.15) is 62.0 Å². The van der Waals surface area contributed by atoms with E-state index in [-0.39, 0.29) is 27.7 Å². The Hall–Kier alpha value is -4.22. The number of hydrogen-bond acceptors (Lipinski definition) is 8.